The van der Waals surface area contributed by atoms with E-state index in [2.05, 4.69) is 21.5 Å². The minimum atomic E-state index is -0.378. The van der Waals surface area contributed by atoms with Gasteiger partial charge in [-0.15, -0.1) is 11.3 Å². The monoisotopic (exact) mass is 411 g/mol. The number of anilines is 1. The molecule has 0 saturated heterocycles. The van der Waals surface area contributed by atoms with Gasteiger partial charge in [-0.05, 0) is 51.3 Å². The number of esters is 1. The van der Waals surface area contributed by atoms with Crippen LogP contribution in [0.2, 0.25) is 0 Å². The Kier molecular flexibility index (Phi) is 5.94. The number of amides is 1. The molecule has 0 radical (unpaired) electrons. The lowest BCUT2D eigenvalue weighted by atomic mass is 10.1. The Balaban J connectivity index is 1.71. The molecule has 9 heteroatoms. The van der Waals surface area contributed by atoms with Gasteiger partial charge in [0.15, 0.2) is 5.65 Å². The lowest BCUT2D eigenvalue weighted by molar-refractivity contribution is -0.116. The molecule has 3 heterocycles. The van der Waals surface area contributed by atoms with Gasteiger partial charge in [-0.25, -0.2) is 14.3 Å². The van der Waals surface area contributed by atoms with Crippen LogP contribution in [0.5, 0.6) is 0 Å². The highest BCUT2D eigenvalue weighted by molar-refractivity contribution is 7.18. The molecule has 8 nitrogen and oxygen atoms in total. The van der Waals surface area contributed by atoms with Crippen LogP contribution in [0.4, 0.5) is 5.00 Å². The van der Waals surface area contributed by atoms with E-state index in [-0.39, 0.29) is 18.3 Å². The van der Waals surface area contributed by atoms with Crippen LogP contribution in [0.1, 0.15) is 51.1 Å². The second-order valence-corrected chi connectivity index (χ2v) is 7.61. The van der Waals surface area contributed by atoms with Crippen molar-refractivity contribution in [3.63, 3.8) is 0 Å². The second-order valence-electron chi connectivity index (χ2n) is 6.56. The first-order valence-electron chi connectivity index (χ1n) is 9.17. The van der Waals surface area contributed by atoms with Crippen LogP contribution in [-0.4, -0.2) is 33.1 Å². The number of carbonyl (C=O) groups is 2. The molecular weight excluding hydrogens is 390 g/mol. The summed E-state index contributed by atoms with van der Waals surface area (Å²) >= 11 is 1.21. The lowest BCUT2D eigenvalue weighted by Gasteiger charge is -2.11. The van der Waals surface area contributed by atoms with Crippen molar-refractivity contribution in [1.82, 2.24) is 14.6 Å². The Morgan fingerprint density at radius 3 is 2.79 bits per heavy atom. The van der Waals surface area contributed by atoms with Crippen LogP contribution < -0.4 is 5.32 Å². The quantitative estimate of drug-likeness (QED) is 0.623. The number of carbonyl (C=O) groups excluding carboxylic acids is 2. The Labute approximate surface area is 172 Å². The van der Waals surface area contributed by atoms with Crippen molar-refractivity contribution in [2.24, 2.45) is 0 Å². The van der Waals surface area contributed by atoms with Crippen molar-refractivity contribution < 1.29 is 14.3 Å². The van der Waals surface area contributed by atoms with Gasteiger partial charge in [0.25, 0.3) is 0 Å². The highest BCUT2D eigenvalue weighted by Crippen LogP contribution is 2.27. The number of ether oxygens (including phenoxy) is 1. The third-order valence-electron chi connectivity index (χ3n) is 4.57. The first-order chi connectivity index (χ1) is 13.8. The fourth-order valence-electron chi connectivity index (χ4n) is 3.13. The van der Waals surface area contributed by atoms with E-state index < -0.39 is 0 Å². The summed E-state index contributed by atoms with van der Waals surface area (Å²) in [7, 11) is 0. The van der Waals surface area contributed by atoms with E-state index >= 15 is 0 Å². The van der Waals surface area contributed by atoms with Crippen molar-refractivity contribution in [3.05, 3.63) is 45.2 Å². The van der Waals surface area contributed by atoms with Crippen LogP contribution in [-0.2, 0) is 16.0 Å². The minimum absolute atomic E-state index is 0.154. The molecular formula is C20H21N5O3S. The standard InChI is InChI=1S/C20H21N5O3S/c1-5-28-20(27)18-11(2)8-17(29-18)24-16(26)7-6-15-12(3)23-19-14(9-21)10-22-25(19)13(15)4/h8,10H,5-7H2,1-4H3,(H,24,26). The van der Waals surface area contributed by atoms with Gasteiger partial charge in [-0.2, -0.15) is 10.4 Å². The number of rotatable bonds is 6. The maximum absolute atomic E-state index is 12.4. The third kappa shape index (κ3) is 4.12. The van der Waals surface area contributed by atoms with E-state index in [0.29, 0.717) is 34.1 Å². The Bertz CT molecular complexity index is 1140. The lowest BCUT2D eigenvalue weighted by Crippen LogP contribution is -2.13. The van der Waals surface area contributed by atoms with Gasteiger partial charge in [0, 0.05) is 17.8 Å². The summed E-state index contributed by atoms with van der Waals surface area (Å²) in [6, 6.07) is 3.85. The molecule has 150 valence electrons. The highest BCUT2D eigenvalue weighted by Gasteiger charge is 2.17. The zero-order chi connectivity index (χ0) is 21.1. The van der Waals surface area contributed by atoms with Crippen molar-refractivity contribution in [1.29, 1.82) is 5.26 Å². The van der Waals surface area contributed by atoms with Crippen LogP contribution >= 0.6 is 11.3 Å². The molecule has 29 heavy (non-hydrogen) atoms. The molecule has 0 aliphatic carbocycles. The average Bonchev–Trinajstić information content (AvgIpc) is 3.24. The predicted molar refractivity (Wildman–Crippen MR) is 109 cm³/mol. The fraction of sp³-hybridized carbons (Fsp3) is 0.350. The van der Waals surface area contributed by atoms with E-state index in [1.54, 1.807) is 17.5 Å². The largest absolute Gasteiger partial charge is 0.462 e. The molecule has 1 N–H and O–H groups in total. The van der Waals surface area contributed by atoms with Crippen molar-refractivity contribution in [3.8, 4) is 6.07 Å². The molecule has 0 unspecified atom stereocenters. The molecule has 0 fully saturated rings. The SMILES string of the molecule is CCOC(=O)c1sc(NC(=O)CCc2c(C)nc3c(C#N)cnn3c2C)cc1C. The Hall–Kier alpha value is -3.25. The normalized spacial score (nSPS) is 10.7. The van der Waals surface area contributed by atoms with Crippen LogP contribution in [0, 0.1) is 32.1 Å². The number of aryl methyl sites for hydroxylation is 3. The van der Waals surface area contributed by atoms with E-state index in [4.69, 9.17) is 10.00 Å². The van der Waals surface area contributed by atoms with Gasteiger partial charge >= 0.3 is 5.97 Å². The molecule has 0 spiro atoms. The number of hydrogen-bond donors (Lipinski definition) is 1. The fourth-order valence-corrected chi connectivity index (χ4v) is 4.12. The average molecular weight is 411 g/mol. The van der Waals surface area contributed by atoms with E-state index in [9.17, 15) is 9.59 Å². The van der Waals surface area contributed by atoms with Crippen LogP contribution in [0.25, 0.3) is 5.65 Å². The summed E-state index contributed by atoms with van der Waals surface area (Å²) in [5.74, 6) is -0.532. The zero-order valence-electron chi connectivity index (χ0n) is 16.7. The molecule has 3 rings (SSSR count). The topological polar surface area (TPSA) is 109 Å². The molecule has 0 saturated carbocycles. The molecule has 0 aromatic carbocycles. The number of fused-ring (bicyclic) bond motifs is 1. The number of hydrogen-bond acceptors (Lipinski definition) is 7. The van der Waals surface area contributed by atoms with Gasteiger partial charge in [-0.3, -0.25) is 4.79 Å². The second kappa shape index (κ2) is 8.41. The van der Waals surface area contributed by atoms with E-state index in [1.165, 1.54) is 17.5 Å². The first kappa shape index (κ1) is 20.5. The molecule has 3 aromatic rings. The number of aromatic nitrogens is 3. The van der Waals surface area contributed by atoms with Crippen molar-refractivity contribution >= 4 is 33.9 Å². The summed E-state index contributed by atoms with van der Waals surface area (Å²) in [5, 5.41) is 16.8. The maximum Gasteiger partial charge on any atom is 0.348 e. The zero-order valence-corrected chi connectivity index (χ0v) is 17.5. The number of nitrogens with zero attached hydrogens (tertiary/aromatic N) is 4. The molecule has 3 aromatic heterocycles. The molecule has 0 aliphatic rings. The van der Waals surface area contributed by atoms with Gasteiger partial charge < -0.3 is 10.1 Å². The minimum Gasteiger partial charge on any atom is -0.462 e. The number of thiophene rings is 1. The highest BCUT2D eigenvalue weighted by atomic mass is 32.1. The van der Waals surface area contributed by atoms with Crippen LogP contribution in [0.15, 0.2) is 12.3 Å². The Morgan fingerprint density at radius 2 is 2.10 bits per heavy atom. The van der Waals surface area contributed by atoms with Crippen molar-refractivity contribution in [2.45, 2.75) is 40.5 Å². The van der Waals surface area contributed by atoms with Gasteiger partial charge in [0.05, 0.1) is 17.8 Å². The predicted octanol–water partition coefficient (Wildman–Crippen LogP) is 3.34. The molecule has 0 atom stereocenters. The molecule has 1 amide bonds. The van der Waals surface area contributed by atoms with E-state index in [0.717, 1.165) is 22.5 Å². The molecule has 0 bridgehead atoms. The van der Waals surface area contributed by atoms with Gasteiger partial charge in [0.2, 0.25) is 5.91 Å². The smallest absolute Gasteiger partial charge is 0.348 e. The number of nitrogens with one attached hydrogen (secondary N) is 1. The summed E-state index contributed by atoms with van der Waals surface area (Å²) in [6.07, 6.45) is 2.24. The molecule has 0 aliphatic heterocycles. The van der Waals surface area contributed by atoms with Crippen molar-refractivity contribution in [2.75, 3.05) is 11.9 Å². The third-order valence-corrected chi connectivity index (χ3v) is 5.70. The van der Waals surface area contributed by atoms with Gasteiger partial charge in [-0.1, -0.05) is 0 Å². The summed E-state index contributed by atoms with van der Waals surface area (Å²) in [6.45, 7) is 7.64. The summed E-state index contributed by atoms with van der Waals surface area (Å²) < 4.78 is 6.66. The Morgan fingerprint density at radius 1 is 1.34 bits per heavy atom. The van der Waals surface area contributed by atoms with Gasteiger partial charge in [0.1, 0.15) is 16.5 Å². The maximum atomic E-state index is 12.4. The summed E-state index contributed by atoms with van der Waals surface area (Å²) in [4.78, 5) is 29.3. The summed E-state index contributed by atoms with van der Waals surface area (Å²) in [5.41, 5.74) is 4.28. The van der Waals surface area contributed by atoms with Crippen LogP contribution in [0.3, 0.4) is 0 Å². The van der Waals surface area contributed by atoms with E-state index in [1.807, 2.05) is 20.8 Å². The number of nitriles is 1. The first-order valence-corrected chi connectivity index (χ1v) is 9.98.